The summed E-state index contributed by atoms with van der Waals surface area (Å²) < 4.78 is 4.68. The fourth-order valence-electron chi connectivity index (χ4n) is 1.29. The van der Waals surface area contributed by atoms with Crippen molar-refractivity contribution in [2.24, 2.45) is 0 Å². The van der Waals surface area contributed by atoms with E-state index in [9.17, 15) is 4.79 Å². The number of aromatic nitrogens is 1. The minimum absolute atomic E-state index is 0.302. The number of rotatable bonds is 1. The predicted molar refractivity (Wildman–Crippen MR) is 55.7 cm³/mol. The van der Waals surface area contributed by atoms with Gasteiger partial charge in [-0.15, -0.1) is 11.3 Å². The van der Waals surface area contributed by atoms with Gasteiger partial charge in [0.25, 0.3) is 0 Å². The summed E-state index contributed by atoms with van der Waals surface area (Å²) in [5, 5.41) is 2.66. The molecule has 2 rings (SSSR count). The minimum atomic E-state index is -0.302. The van der Waals surface area contributed by atoms with Gasteiger partial charge in [0.05, 0.1) is 12.7 Å². The van der Waals surface area contributed by atoms with Crippen LogP contribution < -0.4 is 0 Å². The number of methoxy groups -OCH3 is 1. The van der Waals surface area contributed by atoms with Crippen LogP contribution >= 0.6 is 11.3 Å². The second-order valence-corrected chi connectivity index (χ2v) is 3.86. The minimum Gasteiger partial charge on any atom is -0.465 e. The first-order chi connectivity index (χ1) is 6.72. The van der Waals surface area contributed by atoms with Gasteiger partial charge in [0.15, 0.2) is 0 Å². The standard InChI is InChI=1S/C10H9NO2S/c1-6-3-7-8(10(12)13-2)5-14-9(7)11-4-6/h3-5H,1-2H3. The van der Waals surface area contributed by atoms with Crippen molar-refractivity contribution < 1.29 is 9.53 Å². The molecule has 0 aliphatic carbocycles. The third-order valence-electron chi connectivity index (χ3n) is 1.97. The van der Waals surface area contributed by atoms with Crippen molar-refractivity contribution in [3.63, 3.8) is 0 Å². The molecule has 0 bridgehead atoms. The highest BCUT2D eigenvalue weighted by molar-refractivity contribution is 7.17. The maximum absolute atomic E-state index is 11.4. The van der Waals surface area contributed by atoms with E-state index in [1.807, 2.05) is 13.0 Å². The molecule has 0 aliphatic rings. The van der Waals surface area contributed by atoms with Crippen molar-refractivity contribution in [2.75, 3.05) is 7.11 Å². The van der Waals surface area contributed by atoms with E-state index in [1.54, 1.807) is 11.6 Å². The van der Waals surface area contributed by atoms with Crippen LogP contribution in [-0.4, -0.2) is 18.1 Å². The lowest BCUT2D eigenvalue weighted by atomic mass is 10.2. The van der Waals surface area contributed by atoms with E-state index in [1.165, 1.54) is 18.4 Å². The molecule has 0 N–H and O–H groups in total. The number of nitrogens with zero attached hydrogens (tertiary/aromatic N) is 1. The molecule has 3 nitrogen and oxygen atoms in total. The van der Waals surface area contributed by atoms with Gasteiger partial charge < -0.3 is 4.74 Å². The summed E-state index contributed by atoms with van der Waals surface area (Å²) in [6, 6.07) is 1.95. The first-order valence-corrected chi connectivity index (χ1v) is 5.02. The smallest absolute Gasteiger partial charge is 0.339 e. The van der Waals surface area contributed by atoms with Crippen molar-refractivity contribution in [3.05, 3.63) is 28.8 Å². The van der Waals surface area contributed by atoms with Crippen molar-refractivity contribution in [2.45, 2.75) is 6.92 Å². The van der Waals surface area contributed by atoms with Gasteiger partial charge in [0.1, 0.15) is 4.83 Å². The number of carbonyl (C=O) groups is 1. The van der Waals surface area contributed by atoms with Crippen LogP contribution in [0.5, 0.6) is 0 Å². The fourth-order valence-corrected chi connectivity index (χ4v) is 2.15. The van der Waals surface area contributed by atoms with Crippen molar-refractivity contribution in [1.29, 1.82) is 0 Å². The van der Waals surface area contributed by atoms with Gasteiger partial charge in [0.2, 0.25) is 0 Å². The zero-order valence-corrected chi connectivity index (χ0v) is 8.72. The number of pyridine rings is 1. The van der Waals surface area contributed by atoms with Crippen molar-refractivity contribution >= 4 is 27.5 Å². The Hall–Kier alpha value is -1.42. The Morgan fingerprint density at radius 1 is 1.57 bits per heavy atom. The van der Waals surface area contributed by atoms with Crippen LogP contribution in [0.2, 0.25) is 0 Å². The van der Waals surface area contributed by atoms with E-state index >= 15 is 0 Å². The van der Waals surface area contributed by atoms with Crippen LogP contribution in [0.25, 0.3) is 10.2 Å². The molecule has 0 saturated heterocycles. The molecule has 0 radical (unpaired) electrons. The quantitative estimate of drug-likeness (QED) is 0.674. The molecule has 0 aliphatic heterocycles. The molecular formula is C10H9NO2S. The van der Waals surface area contributed by atoms with E-state index in [0.29, 0.717) is 5.56 Å². The van der Waals surface area contributed by atoms with E-state index in [2.05, 4.69) is 9.72 Å². The summed E-state index contributed by atoms with van der Waals surface area (Å²) >= 11 is 1.45. The number of fused-ring (bicyclic) bond motifs is 1. The number of aryl methyl sites for hydroxylation is 1. The molecule has 0 saturated carbocycles. The van der Waals surface area contributed by atoms with Crippen molar-refractivity contribution in [3.8, 4) is 0 Å². The molecule has 4 heteroatoms. The second kappa shape index (κ2) is 3.38. The van der Waals surface area contributed by atoms with Gasteiger partial charge in [-0.25, -0.2) is 9.78 Å². The molecule has 72 valence electrons. The molecular weight excluding hydrogens is 198 g/mol. The van der Waals surface area contributed by atoms with E-state index < -0.39 is 0 Å². The summed E-state index contributed by atoms with van der Waals surface area (Å²) in [7, 11) is 1.38. The molecule has 2 aromatic rings. The predicted octanol–water partition coefficient (Wildman–Crippen LogP) is 2.39. The first-order valence-electron chi connectivity index (χ1n) is 4.14. The monoisotopic (exact) mass is 207 g/mol. The summed E-state index contributed by atoms with van der Waals surface area (Å²) in [5.74, 6) is -0.302. The maximum Gasteiger partial charge on any atom is 0.339 e. The topological polar surface area (TPSA) is 39.2 Å². The van der Waals surface area contributed by atoms with Gasteiger partial charge in [-0.1, -0.05) is 0 Å². The lowest BCUT2D eigenvalue weighted by Gasteiger charge is -1.97. The molecule has 2 aromatic heterocycles. The maximum atomic E-state index is 11.4. The fraction of sp³-hybridized carbons (Fsp3) is 0.200. The van der Waals surface area contributed by atoms with E-state index in [0.717, 1.165) is 15.8 Å². The average Bonchev–Trinajstić information content (AvgIpc) is 2.59. The van der Waals surface area contributed by atoms with Gasteiger partial charge in [-0.2, -0.15) is 0 Å². The average molecular weight is 207 g/mol. The number of hydrogen-bond acceptors (Lipinski definition) is 4. The number of thiophene rings is 1. The molecule has 0 amide bonds. The van der Waals surface area contributed by atoms with Crippen LogP contribution in [0.4, 0.5) is 0 Å². The molecule has 0 aromatic carbocycles. The Morgan fingerprint density at radius 2 is 2.36 bits per heavy atom. The van der Waals surface area contributed by atoms with Crippen LogP contribution in [0.1, 0.15) is 15.9 Å². The van der Waals surface area contributed by atoms with Crippen LogP contribution in [0.3, 0.4) is 0 Å². The molecule has 0 atom stereocenters. The molecule has 0 spiro atoms. The van der Waals surface area contributed by atoms with Crippen LogP contribution in [0.15, 0.2) is 17.6 Å². The van der Waals surface area contributed by atoms with Gasteiger partial charge in [0, 0.05) is 17.0 Å². The Kier molecular flexibility index (Phi) is 2.21. The highest BCUT2D eigenvalue weighted by atomic mass is 32.1. The summed E-state index contributed by atoms with van der Waals surface area (Å²) in [4.78, 5) is 16.5. The Labute approximate surface area is 85.3 Å². The van der Waals surface area contributed by atoms with E-state index in [4.69, 9.17) is 0 Å². The number of esters is 1. The Bertz CT molecular complexity index is 490. The highest BCUT2D eigenvalue weighted by Gasteiger charge is 2.12. The number of carbonyl (C=O) groups excluding carboxylic acids is 1. The molecule has 0 fully saturated rings. The van der Waals surface area contributed by atoms with Gasteiger partial charge in [-0.3, -0.25) is 0 Å². The van der Waals surface area contributed by atoms with Crippen LogP contribution in [0, 0.1) is 6.92 Å². The Balaban J connectivity index is 2.67. The third kappa shape index (κ3) is 1.37. The van der Waals surface area contributed by atoms with Gasteiger partial charge in [-0.05, 0) is 18.6 Å². The summed E-state index contributed by atoms with van der Waals surface area (Å²) in [5.41, 5.74) is 1.64. The normalized spacial score (nSPS) is 10.4. The highest BCUT2D eigenvalue weighted by Crippen LogP contribution is 2.25. The Morgan fingerprint density at radius 3 is 3.07 bits per heavy atom. The van der Waals surface area contributed by atoms with Gasteiger partial charge >= 0.3 is 5.97 Å². The largest absolute Gasteiger partial charge is 0.465 e. The van der Waals surface area contributed by atoms with E-state index in [-0.39, 0.29) is 5.97 Å². The summed E-state index contributed by atoms with van der Waals surface area (Å²) in [6.45, 7) is 1.95. The first kappa shape index (κ1) is 9.15. The third-order valence-corrected chi connectivity index (χ3v) is 2.87. The van der Waals surface area contributed by atoms with Crippen LogP contribution in [-0.2, 0) is 4.74 Å². The number of hydrogen-bond donors (Lipinski definition) is 0. The van der Waals surface area contributed by atoms with Crippen molar-refractivity contribution in [1.82, 2.24) is 4.98 Å². The zero-order valence-electron chi connectivity index (χ0n) is 7.90. The second-order valence-electron chi connectivity index (χ2n) is 3.01. The lowest BCUT2D eigenvalue weighted by molar-refractivity contribution is 0.0603. The molecule has 2 heterocycles. The SMILES string of the molecule is COC(=O)c1csc2ncc(C)cc12. The molecule has 0 unspecified atom stereocenters. The zero-order chi connectivity index (χ0) is 10.1. The lowest BCUT2D eigenvalue weighted by Crippen LogP contribution is -1.99. The summed E-state index contributed by atoms with van der Waals surface area (Å²) in [6.07, 6.45) is 1.79. The molecule has 14 heavy (non-hydrogen) atoms. The number of ether oxygens (including phenoxy) is 1.